The molecule has 3 heterocycles. The van der Waals surface area contributed by atoms with Crippen LogP contribution in [0.5, 0.6) is 0 Å². The van der Waals surface area contributed by atoms with Crippen LogP contribution in [0.3, 0.4) is 0 Å². The molecule has 51 heavy (non-hydrogen) atoms. The second kappa shape index (κ2) is 15.4. The van der Waals surface area contributed by atoms with Gasteiger partial charge in [0.05, 0.1) is 17.5 Å². The molecule has 2 N–H and O–H groups in total. The molecule has 270 valence electrons. The third-order valence-electron chi connectivity index (χ3n) is 9.26. The minimum absolute atomic E-state index is 0.138. The molecule has 0 radical (unpaired) electrons. The largest absolute Gasteiger partial charge is 0.444 e. The summed E-state index contributed by atoms with van der Waals surface area (Å²) in [6.07, 6.45) is 3.93. The smallest absolute Gasteiger partial charge is 0.410 e. The predicted octanol–water partition coefficient (Wildman–Crippen LogP) is 6.93. The summed E-state index contributed by atoms with van der Waals surface area (Å²) in [4.78, 5) is 37.9. The molecule has 11 nitrogen and oxygen atoms in total. The minimum Gasteiger partial charge on any atom is -0.444 e. The van der Waals surface area contributed by atoms with E-state index in [0.29, 0.717) is 50.4 Å². The molecule has 2 aliphatic heterocycles. The van der Waals surface area contributed by atoms with Crippen molar-refractivity contribution in [1.82, 2.24) is 24.1 Å². The first kappa shape index (κ1) is 36.3. The van der Waals surface area contributed by atoms with Gasteiger partial charge in [-0.25, -0.2) is 18.2 Å². The molecule has 6 rings (SSSR count). The quantitative estimate of drug-likeness (QED) is 0.183. The highest BCUT2D eigenvalue weighted by Crippen LogP contribution is 2.33. The van der Waals surface area contributed by atoms with Gasteiger partial charge < -0.3 is 15.0 Å². The van der Waals surface area contributed by atoms with Gasteiger partial charge in [0.25, 0.3) is 5.91 Å². The Morgan fingerprint density at radius 2 is 1.51 bits per heavy atom. The number of H-pyrrole nitrogens is 1. The van der Waals surface area contributed by atoms with Crippen LogP contribution in [-0.4, -0.2) is 88.6 Å². The highest BCUT2D eigenvalue weighted by Gasteiger charge is 2.35. The van der Waals surface area contributed by atoms with Crippen LogP contribution < -0.4 is 5.32 Å². The number of anilines is 1. The number of benzene rings is 3. The number of nitrogens with one attached hydrogen (secondary N) is 2. The fourth-order valence-electron chi connectivity index (χ4n) is 6.60. The number of sulfonamides is 1. The highest BCUT2D eigenvalue weighted by molar-refractivity contribution is 7.89. The molecule has 0 saturated carbocycles. The van der Waals surface area contributed by atoms with Crippen LogP contribution in [0, 0.1) is 0 Å². The van der Waals surface area contributed by atoms with E-state index in [1.54, 1.807) is 9.21 Å². The fourth-order valence-corrected chi connectivity index (χ4v) is 8.09. The number of aromatic amines is 1. The standard InChI is InChI=1S/C39H48N6O5S/c1-5-25-51(48,49)44-23-21-43(22-24-44)27-28-8-18-33(19-9-28)41-37(46)32-16-12-30(13-17-32)29-10-14-31(15-11-29)34-26-40-36(42-34)35-7-6-20-45(35)38(47)50-39(2,3)4/h8-19,26,35H,5-7,20-25,27H2,1-4H3,(H,40,42)(H,41,46). The van der Waals surface area contributed by atoms with Crippen LogP contribution in [-0.2, 0) is 21.3 Å². The first-order chi connectivity index (χ1) is 24.4. The van der Waals surface area contributed by atoms with E-state index in [0.717, 1.165) is 53.2 Å². The minimum atomic E-state index is -3.15. The van der Waals surface area contributed by atoms with E-state index < -0.39 is 15.6 Å². The molecule has 2 saturated heterocycles. The normalized spacial score (nSPS) is 17.4. The lowest BCUT2D eigenvalue weighted by Gasteiger charge is -2.34. The maximum Gasteiger partial charge on any atom is 0.410 e. The zero-order valence-corrected chi connectivity index (χ0v) is 30.7. The van der Waals surface area contributed by atoms with Crippen LogP contribution in [0.25, 0.3) is 22.4 Å². The third kappa shape index (κ3) is 9.05. The SMILES string of the molecule is CCCS(=O)(=O)N1CCN(Cc2ccc(NC(=O)c3ccc(-c4ccc(-c5c[nH]c(C6CCCN6C(=O)OC(C)(C)C)n5)cc4)cc3)cc2)CC1. The Hall–Kier alpha value is -4.52. The van der Waals surface area contributed by atoms with Crippen molar-refractivity contribution in [1.29, 1.82) is 0 Å². The van der Waals surface area contributed by atoms with Crippen LogP contribution in [0.2, 0.25) is 0 Å². The molecule has 2 aliphatic rings. The number of piperazine rings is 1. The summed E-state index contributed by atoms with van der Waals surface area (Å²) in [5.41, 5.74) is 5.62. The Labute approximate surface area is 301 Å². The van der Waals surface area contributed by atoms with Crippen LogP contribution >= 0.6 is 0 Å². The van der Waals surface area contributed by atoms with E-state index in [9.17, 15) is 18.0 Å². The topological polar surface area (TPSA) is 128 Å². The molecule has 2 fully saturated rings. The predicted molar refractivity (Wildman–Crippen MR) is 200 cm³/mol. The lowest BCUT2D eigenvalue weighted by molar-refractivity contribution is 0.0218. The van der Waals surface area contributed by atoms with Crippen molar-refractivity contribution in [2.45, 2.75) is 65.1 Å². The number of ether oxygens (including phenoxy) is 1. The van der Waals surface area contributed by atoms with Crippen molar-refractivity contribution >= 4 is 27.7 Å². The Bertz CT molecular complexity index is 1910. The van der Waals surface area contributed by atoms with Gasteiger partial charge in [-0.15, -0.1) is 0 Å². The molecule has 3 aromatic carbocycles. The lowest BCUT2D eigenvalue weighted by atomic mass is 10.0. The van der Waals surface area contributed by atoms with Crippen molar-refractivity contribution in [3.05, 3.63) is 95.9 Å². The van der Waals surface area contributed by atoms with Crippen molar-refractivity contribution in [2.75, 3.05) is 43.8 Å². The fraction of sp³-hybridized carbons (Fsp3) is 0.410. The maximum atomic E-state index is 13.0. The Kier molecular flexibility index (Phi) is 10.9. The molecule has 0 aliphatic carbocycles. The number of likely N-dealkylation sites (tertiary alicyclic amines) is 1. The summed E-state index contributed by atoms with van der Waals surface area (Å²) in [7, 11) is -3.15. The van der Waals surface area contributed by atoms with Gasteiger partial charge in [-0.1, -0.05) is 55.5 Å². The van der Waals surface area contributed by atoms with Crippen LogP contribution in [0.4, 0.5) is 10.5 Å². The third-order valence-corrected chi connectivity index (χ3v) is 11.3. The average Bonchev–Trinajstić information content (AvgIpc) is 3.80. The van der Waals surface area contributed by atoms with Gasteiger partial charge in [-0.3, -0.25) is 14.6 Å². The lowest BCUT2D eigenvalue weighted by Crippen LogP contribution is -2.48. The molecule has 1 unspecified atom stereocenters. The second-order valence-electron chi connectivity index (χ2n) is 14.3. The molecule has 4 aromatic rings. The number of amides is 2. The average molecular weight is 713 g/mol. The molecular weight excluding hydrogens is 665 g/mol. The number of aromatic nitrogens is 2. The van der Waals surface area contributed by atoms with E-state index in [4.69, 9.17) is 9.72 Å². The Balaban J connectivity index is 1.01. The zero-order valence-electron chi connectivity index (χ0n) is 29.9. The summed E-state index contributed by atoms with van der Waals surface area (Å²) in [6, 6.07) is 23.3. The summed E-state index contributed by atoms with van der Waals surface area (Å²) in [6.45, 7) is 11.3. The number of rotatable bonds is 10. The molecule has 1 atom stereocenters. The van der Waals surface area contributed by atoms with Crippen LogP contribution in [0.1, 0.15) is 74.7 Å². The highest BCUT2D eigenvalue weighted by atomic mass is 32.2. The number of carbonyl (C=O) groups is 2. The Morgan fingerprint density at radius 1 is 0.882 bits per heavy atom. The molecule has 0 bridgehead atoms. The van der Waals surface area contributed by atoms with E-state index in [-0.39, 0.29) is 23.8 Å². The van der Waals surface area contributed by atoms with Gasteiger partial charge in [0.15, 0.2) is 0 Å². The number of carbonyl (C=O) groups excluding carboxylic acids is 2. The van der Waals surface area contributed by atoms with E-state index in [1.165, 1.54) is 0 Å². The van der Waals surface area contributed by atoms with Gasteiger partial charge >= 0.3 is 6.09 Å². The van der Waals surface area contributed by atoms with Gasteiger partial charge in [-0.05, 0) is 81.0 Å². The molecule has 0 spiro atoms. The van der Waals surface area contributed by atoms with Gasteiger partial charge in [0, 0.05) is 62.3 Å². The van der Waals surface area contributed by atoms with E-state index in [1.807, 2.05) is 107 Å². The van der Waals surface area contributed by atoms with Gasteiger partial charge in [-0.2, -0.15) is 4.31 Å². The molecule has 1 aromatic heterocycles. The monoisotopic (exact) mass is 712 g/mol. The van der Waals surface area contributed by atoms with Gasteiger partial charge in [0.1, 0.15) is 11.4 Å². The summed E-state index contributed by atoms with van der Waals surface area (Å²) in [5, 5.41) is 2.98. The summed E-state index contributed by atoms with van der Waals surface area (Å²) >= 11 is 0. The first-order valence-corrected chi connectivity index (χ1v) is 19.4. The van der Waals surface area contributed by atoms with Gasteiger partial charge in [0.2, 0.25) is 10.0 Å². The summed E-state index contributed by atoms with van der Waals surface area (Å²) < 4.78 is 31.9. The number of imidazole rings is 1. The van der Waals surface area contributed by atoms with E-state index in [2.05, 4.69) is 15.2 Å². The van der Waals surface area contributed by atoms with Crippen molar-refractivity contribution in [2.24, 2.45) is 0 Å². The first-order valence-electron chi connectivity index (χ1n) is 17.7. The zero-order chi connectivity index (χ0) is 36.2. The number of hydrogen-bond acceptors (Lipinski definition) is 7. The maximum absolute atomic E-state index is 13.0. The summed E-state index contributed by atoms with van der Waals surface area (Å²) in [5.74, 6) is 0.778. The van der Waals surface area contributed by atoms with Crippen molar-refractivity contribution in [3.8, 4) is 22.4 Å². The molecule has 2 amide bonds. The van der Waals surface area contributed by atoms with Crippen molar-refractivity contribution < 1.29 is 22.7 Å². The number of nitrogens with zero attached hydrogens (tertiary/aromatic N) is 4. The van der Waals surface area contributed by atoms with Crippen molar-refractivity contribution in [3.63, 3.8) is 0 Å². The number of hydrogen-bond donors (Lipinski definition) is 2. The second-order valence-corrected chi connectivity index (χ2v) is 16.4. The molecule has 12 heteroatoms. The Morgan fingerprint density at radius 3 is 2.14 bits per heavy atom. The van der Waals surface area contributed by atoms with Crippen LogP contribution in [0.15, 0.2) is 79.0 Å². The molecular formula is C39H48N6O5S. The van der Waals surface area contributed by atoms with E-state index >= 15 is 0 Å².